The van der Waals surface area contributed by atoms with Crippen LogP contribution in [0.25, 0.3) is 0 Å². The van der Waals surface area contributed by atoms with Crippen LogP contribution in [0.1, 0.15) is 54.2 Å². The van der Waals surface area contributed by atoms with Crippen molar-refractivity contribution in [2.75, 3.05) is 31.6 Å². The van der Waals surface area contributed by atoms with E-state index in [1.54, 1.807) is 0 Å². The normalized spacial score (nSPS) is 21.4. The van der Waals surface area contributed by atoms with Gasteiger partial charge in [0.2, 0.25) is 0 Å². The molecule has 0 saturated carbocycles. The Balaban J connectivity index is 1.52. The molecule has 0 bridgehead atoms. The number of rotatable bonds is 3. The number of ether oxygens (including phenoxy) is 1. The van der Waals surface area contributed by atoms with E-state index in [-0.39, 0.29) is 0 Å². The first-order valence-electron chi connectivity index (χ1n) is 9.66. The van der Waals surface area contributed by atoms with E-state index < -0.39 is 0 Å². The van der Waals surface area contributed by atoms with Gasteiger partial charge in [0.15, 0.2) is 11.6 Å². The van der Waals surface area contributed by atoms with Crippen LogP contribution in [0.3, 0.4) is 0 Å². The number of nitrogens with one attached hydrogen (secondary N) is 1. The lowest BCUT2D eigenvalue weighted by molar-refractivity contribution is 0.157. The summed E-state index contributed by atoms with van der Waals surface area (Å²) in [6.45, 7) is 10.2. The van der Waals surface area contributed by atoms with Crippen LogP contribution in [0.15, 0.2) is 24.4 Å². The highest BCUT2D eigenvalue weighted by Crippen LogP contribution is 2.34. The second-order valence-corrected chi connectivity index (χ2v) is 7.58. The molecule has 4 heterocycles. The summed E-state index contributed by atoms with van der Waals surface area (Å²) in [4.78, 5) is 11.7. The molecule has 4 rings (SSSR count). The van der Waals surface area contributed by atoms with Crippen LogP contribution in [0.2, 0.25) is 0 Å². The molecular weight excluding hydrogens is 324 g/mol. The van der Waals surface area contributed by atoms with E-state index in [0.29, 0.717) is 18.6 Å². The van der Waals surface area contributed by atoms with Gasteiger partial charge in [-0.2, -0.15) is 0 Å². The Labute approximate surface area is 155 Å². The van der Waals surface area contributed by atoms with Crippen molar-refractivity contribution in [2.45, 2.75) is 45.6 Å². The van der Waals surface area contributed by atoms with Gasteiger partial charge in [-0.25, -0.2) is 4.98 Å². The lowest BCUT2D eigenvalue weighted by Gasteiger charge is -2.37. The molecule has 0 spiro atoms. The van der Waals surface area contributed by atoms with Gasteiger partial charge in [0, 0.05) is 30.2 Å². The summed E-state index contributed by atoms with van der Waals surface area (Å²) in [7, 11) is 0. The summed E-state index contributed by atoms with van der Waals surface area (Å²) in [5, 5.41) is 3.29. The summed E-state index contributed by atoms with van der Waals surface area (Å²) in [5.74, 6) is 2.33. The van der Waals surface area contributed by atoms with Gasteiger partial charge < -0.3 is 10.1 Å². The molecule has 2 unspecified atom stereocenters. The van der Waals surface area contributed by atoms with Crippen molar-refractivity contribution in [3.8, 4) is 5.75 Å². The van der Waals surface area contributed by atoms with Crippen LogP contribution in [-0.4, -0.2) is 41.1 Å². The Morgan fingerprint density at radius 1 is 1.23 bits per heavy atom. The molecule has 5 nitrogen and oxygen atoms in total. The minimum absolute atomic E-state index is 0.338. The maximum atomic E-state index is 5.77. The Morgan fingerprint density at radius 2 is 2.04 bits per heavy atom. The molecule has 2 aliphatic rings. The van der Waals surface area contributed by atoms with Gasteiger partial charge in [0.05, 0.1) is 6.54 Å². The fourth-order valence-corrected chi connectivity index (χ4v) is 4.20. The molecule has 138 valence electrons. The number of anilines is 1. The SMILES string of the molecule is Cc1cc(C2CCCN(C(C)c3cnc4c(c3)OCCN4)C2)cc(C)n1. The third kappa shape index (κ3) is 3.54. The highest BCUT2D eigenvalue weighted by molar-refractivity contribution is 5.52. The molecule has 1 fully saturated rings. The number of piperidine rings is 1. The number of aromatic nitrogens is 2. The molecule has 1 saturated heterocycles. The second kappa shape index (κ2) is 7.23. The van der Waals surface area contributed by atoms with Gasteiger partial charge in [-0.15, -0.1) is 0 Å². The van der Waals surface area contributed by atoms with Crippen LogP contribution < -0.4 is 10.1 Å². The van der Waals surface area contributed by atoms with Gasteiger partial charge in [-0.05, 0) is 75.4 Å². The Hall–Kier alpha value is -2.14. The number of hydrogen-bond donors (Lipinski definition) is 1. The van der Waals surface area contributed by atoms with Crippen LogP contribution in [0.5, 0.6) is 5.75 Å². The topological polar surface area (TPSA) is 50.3 Å². The molecule has 26 heavy (non-hydrogen) atoms. The summed E-state index contributed by atoms with van der Waals surface area (Å²) in [5.41, 5.74) is 4.90. The molecule has 2 atom stereocenters. The smallest absolute Gasteiger partial charge is 0.168 e. The zero-order chi connectivity index (χ0) is 18.1. The van der Waals surface area contributed by atoms with Crippen molar-refractivity contribution >= 4 is 5.82 Å². The first-order chi connectivity index (χ1) is 12.6. The van der Waals surface area contributed by atoms with Gasteiger partial charge in [0.1, 0.15) is 6.61 Å². The molecular formula is C21H28N4O. The van der Waals surface area contributed by atoms with E-state index in [9.17, 15) is 0 Å². The summed E-state index contributed by atoms with van der Waals surface area (Å²) >= 11 is 0. The Bertz CT molecular complexity index is 771. The number of likely N-dealkylation sites (tertiary alicyclic amines) is 1. The Kier molecular flexibility index (Phi) is 4.81. The van der Waals surface area contributed by atoms with E-state index in [0.717, 1.165) is 42.6 Å². The van der Waals surface area contributed by atoms with Crippen molar-refractivity contribution in [3.63, 3.8) is 0 Å². The molecule has 0 aliphatic carbocycles. The number of aryl methyl sites for hydroxylation is 2. The largest absolute Gasteiger partial charge is 0.488 e. The molecule has 2 aromatic rings. The molecule has 0 radical (unpaired) electrons. The lowest BCUT2D eigenvalue weighted by atomic mass is 9.89. The third-order valence-corrected chi connectivity index (χ3v) is 5.58. The summed E-state index contributed by atoms with van der Waals surface area (Å²) in [6.07, 6.45) is 4.48. The maximum absolute atomic E-state index is 5.77. The molecule has 0 amide bonds. The predicted octanol–water partition coefficient (Wildman–Crippen LogP) is 3.84. The van der Waals surface area contributed by atoms with E-state index >= 15 is 0 Å². The summed E-state index contributed by atoms with van der Waals surface area (Å²) < 4.78 is 5.77. The quantitative estimate of drug-likeness (QED) is 0.909. The molecule has 1 N–H and O–H groups in total. The van der Waals surface area contributed by atoms with Gasteiger partial charge in [0.25, 0.3) is 0 Å². The molecule has 0 aromatic carbocycles. The molecule has 2 aromatic heterocycles. The second-order valence-electron chi connectivity index (χ2n) is 7.58. The zero-order valence-corrected chi connectivity index (χ0v) is 16.0. The fraction of sp³-hybridized carbons (Fsp3) is 0.524. The molecule has 5 heteroatoms. The first-order valence-corrected chi connectivity index (χ1v) is 9.66. The van der Waals surface area contributed by atoms with Gasteiger partial charge in [-0.1, -0.05) is 0 Å². The van der Waals surface area contributed by atoms with Crippen molar-refractivity contribution in [1.29, 1.82) is 0 Å². The van der Waals surface area contributed by atoms with E-state index in [2.05, 4.69) is 59.2 Å². The monoisotopic (exact) mass is 352 g/mol. The average molecular weight is 352 g/mol. The number of nitrogens with zero attached hydrogens (tertiary/aromatic N) is 3. The van der Waals surface area contributed by atoms with Crippen molar-refractivity contribution in [2.24, 2.45) is 0 Å². The summed E-state index contributed by atoms with van der Waals surface area (Å²) in [6, 6.07) is 7.01. The number of hydrogen-bond acceptors (Lipinski definition) is 5. The predicted molar refractivity (Wildman–Crippen MR) is 104 cm³/mol. The van der Waals surface area contributed by atoms with Crippen molar-refractivity contribution < 1.29 is 4.74 Å². The average Bonchev–Trinajstić information content (AvgIpc) is 2.66. The van der Waals surface area contributed by atoms with E-state index in [1.165, 1.54) is 24.0 Å². The minimum Gasteiger partial charge on any atom is -0.488 e. The highest BCUT2D eigenvalue weighted by atomic mass is 16.5. The van der Waals surface area contributed by atoms with Gasteiger partial charge in [-0.3, -0.25) is 9.88 Å². The Morgan fingerprint density at radius 3 is 2.85 bits per heavy atom. The first kappa shape index (κ1) is 17.3. The van der Waals surface area contributed by atoms with Crippen molar-refractivity contribution in [1.82, 2.24) is 14.9 Å². The standard InChI is InChI=1S/C21H28N4O/c1-14-9-18(10-15(2)24-14)17-5-4-7-25(13-17)16(3)19-11-20-21(23-12-19)22-6-8-26-20/h9-12,16-17H,4-8,13H2,1-3H3,(H,22,23). The molecule has 2 aliphatic heterocycles. The van der Waals surface area contributed by atoms with E-state index in [4.69, 9.17) is 4.74 Å². The highest BCUT2D eigenvalue weighted by Gasteiger charge is 2.26. The minimum atomic E-state index is 0.338. The number of fused-ring (bicyclic) bond motifs is 1. The number of pyridine rings is 2. The van der Waals surface area contributed by atoms with Crippen LogP contribution in [-0.2, 0) is 0 Å². The van der Waals surface area contributed by atoms with Gasteiger partial charge >= 0.3 is 0 Å². The third-order valence-electron chi connectivity index (χ3n) is 5.58. The fourth-order valence-electron chi connectivity index (χ4n) is 4.20. The maximum Gasteiger partial charge on any atom is 0.168 e. The lowest BCUT2D eigenvalue weighted by Crippen LogP contribution is -2.36. The zero-order valence-electron chi connectivity index (χ0n) is 16.0. The van der Waals surface area contributed by atoms with Crippen molar-refractivity contribution in [3.05, 3.63) is 46.9 Å². The van der Waals surface area contributed by atoms with E-state index in [1.807, 2.05) is 6.20 Å². The van der Waals surface area contributed by atoms with Crippen LogP contribution in [0.4, 0.5) is 5.82 Å². The van der Waals surface area contributed by atoms with Crippen LogP contribution in [0, 0.1) is 13.8 Å². The van der Waals surface area contributed by atoms with Crippen LogP contribution >= 0.6 is 0 Å².